The average Bonchev–Trinajstić information content (AvgIpc) is 2.25. The van der Waals surface area contributed by atoms with Crippen LogP contribution in [0.2, 0.25) is 0 Å². The number of halogens is 1. The van der Waals surface area contributed by atoms with E-state index < -0.39 is 0 Å². The summed E-state index contributed by atoms with van der Waals surface area (Å²) in [6.45, 7) is 1.22. The third kappa shape index (κ3) is 2.96. The first-order chi connectivity index (χ1) is 7.24. The van der Waals surface area contributed by atoms with Crippen molar-refractivity contribution >= 4 is 22.0 Å². The van der Waals surface area contributed by atoms with E-state index in [0.29, 0.717) is 19.1 Å². The molecule has 2 rings (SSSR count). The summed E-state index contributed by atoms with van der Waals surface area (Å²) in [6.07, 6.45) is 0.634. The minimum atomic E-state index is -0.304. The summed E-state index contributed by atoms with van der Waals surface area (Å²) in [7, 11) is 0. The largest absolute Gasteiger partial charge is 0.449 e. The van der Waals surface area contributed by atoms with Gasteiger partial charge >= 0.3 is 6.09 Å². The van der Waals surface area contributed by atoms with E-state index in [2.05, 4.69) is 33.4 Å². The van der Waals surface area contributed by atoms with Crippen LogP contribution in [0.3, 0.4) is 0 Å². The molecule has 1 atom stereocenters. The number of ether oxygens (including phenoxy) is 1. The molecule has 1 saturated heterocycles. The van der Waals surface area contributed by atoms with Crippen molar-refractivity contribution in [3.63, 3.8) is 0 Å². The Bertz CT molecular complexity index is 340. The van der Waals surface area contributed by atoms with Gasteiger partial charge in [0.05, 0.1) is 6.61 Å². The monoisotopic (exact) mass is 269 g/mol. The third-order valence-electron chi connectivity index (χ3n) is 2.42. The number of cyclic esters (lactones) is 1. The highest BCUT2D eigenvalue weighted by Crippen LogP contribution is 2.15. The van der Waals surface area contributed by atoms with E-state index in [-0.39, 0.29) is 6.09 Å². The van der Waals surface area contributed by atoms with Gasteiger partial charge in [-0.25, -0.2) is 4.79 Å². The Morgan fingerprint density at radius 2 is 2.13 bits per heavy atom. The normalized spacial score (nSPS) is 20.6. The summed E-state index contributed by atoms with van der Waals surface area (Å²) in [4.78, 5) is 10.8. The number of hydrogen-bond acceptors (Lipinski definition) is 2. The number of amides is 1. The van der Waals surface area contributed by atoms with Crippen LogP contribution in [0, 0.1) is 5.92 Å². The van der Waals surface area contributed by atoms with E-state index >= 15 is 0 Å². The van der Waals surface area contributed by atoms with Crippen LogP contribution in [0.4, 0.5) is 4.79 Å². The van der Waals surface area contributed by atoms with Crippen molar-refractivity contribution in [2.45, 2.75) is 6.42 Å². The van der Waals surface area contributed by atoms with Crippen LogP contribution in [-0.2, 0) is 11.2 Å². The fraction of sp³-hybridized carbons (Fsp3) is 0.364. The first-order valence-electron chi connectivity index (χ1n) is 4.89. The minimum Gasteiger partial charge on any atom is -0.449 e. The summed E-state index contributed by atoms with van der Waals surface area (Å²) in [5.41, 5.74) is 1.27. The summed E-state index contributed by atoms with van der Waals surface area (Å²) < 4.78 is 6.01. The summed E-state index contributed by atoms with van der Waals surface area (Å²) in [6, 6.07) is 8.22. The van der Waals surface area contributed by atoms with E-state index in [1.165, 1.54) is 5.56 Å². The lowest BCUT2D eigenvalue weighted by molar-refractivity contribution is 0.103. The van der Waals surface area contributed by atoms with Crippen LogP contribution >= 0.6 is 15.9 Å². The SMILES string of the molecule is O=C1NC[C@H](Cc2ccc(Br)cc2)CO1. The van der Waals surface area contributed by atoms with Gasteiger partial charge in [0.1, 0.15) is 0 Å². The van der Waals surface area contributed by atoms with Gasteiger partial charge in [0.25, 0.3) is 0 Å². The third-order valence-corrected chi connectivity index (χ3v) is 2.95. The summed E-state index contributed by atoms with van der Waals surface area (Å²) >= 11 is 3.40. The number of hydrogen-bond donors (Lipinski definition) is 1. The molecule has 15 heavy (non-hydrogen) atoms. The number of benzene rings is 1. The number of carbonyl (C=O) groups is 1. The standard InChI is InChI=1S/C11H12BrNO2/c12-10-3-1-8(2-4-10)5-9-6-13-11(14)15-7-9/h1-4,9H,5-7H2,(H,13,14)/t9-/m0/s1. The lowest BCUT2D eigenvalue weighted by Gasteiger charge is -2.22. The Kier molecular flexibility index (Phi) is 3.26. The van der Waals surface area contributed by atoms with Gasteiger partial charge in [-0.2, -0.15) is 0 Å². The lowest BCUT2D eigenvalue weighted by atomic mass is 9.99. The first kappa shape index (κ1) is 10.5. The van der Waals surface area contributed by atoms with Crippen molar-refractivity contribution in [2.75, 3.05) is 13.2 Å². The van der Waals surface area contributed by atoms with Crippen molar-refractivity contribution in [1.29, 1.82) is 0 Å². The second kappa shape index (κ2) is 4.66. The molecule has 1 amide bonds. The van der Waals surface area contributed by atoms with Crippen LogP contribution in [-0.4, -0.2) is 19.2 Å². The first-order valence-corrected chi connectivity index (χ1v) is 5.68. The Morgan fingerprint density at radius 3 is 2.73 bits per heavy atom. The summed E-state index contributed by atoms with van der Waals surface area (Å²) in [5.74, 6) is 0.379. The predicted octanol–water partition coefficient (Wildman–Crippen LogP) is 2.35. The highest BCUT2D eigenvalue weighted by Gasteiger charge is 2.18. The highest BCUT2D eigenvalue weighted by molar-refractivity contribution is 9.10. The van der Waals surface area contributed by atoms with Crippen molar-refractivity contribution in [3.05, 3.63) is 34.3 Å². The van der Waals surface area contributed by atoms with Gasteiger partial charge < -0.3 is 10.1 Å². The molecular weight excluding hydrogens is 258 g/mol. The van der Waals surface area contributed by atoms with Crippen molar-refractivity contribution in [1.82, 2.24) is 5.32 Å². The fourth-order valence-electron chi connectivity index (χ4n) is 1.62. The molecule has 0 radical (unpaired) electrons. The zero-order chi connectivity index (χ0) is 10.7. The quantitative estimate of drug-likeness (QED) is 0.895. The van der Waals surface area contributed by atoms with E-state index in [0.717, 1.165) is 10.9 Å². The molecule has 0 bridgehead atoms. The second-order valence-electron chi connectivity index (χ2n) is 3.68. The molecule has 1 aliphatic rings. The molecule has 1 aromatic rings. The van der Waals surface area contributed by atoms with Gasteiger partial charge in [0, 0.05) is 16.9 Å². The Morgan fingerprint density at radius 1 is 1.40 bits per heavy atom. The number of carbonyl (C=O) groups excluding carboxylic acids is 1. The van der Waals surface area contributed by atoms with Gasteiger partial charge in [0.15, 0.2) is 0 Å². The van der Waals surface area contributed by atoms with Crippen LogP contribution in [0.1, 0.15) is 5.56 Å². The molecule has 0 aromatic heterocycles. The van der Waals surface area contributed by atoms with Gasteiger partial charge in [-0.1, -0.05) is 28.1 Å². The summed E-state index contributed by atoms with van der Waals surface area (Å²) in [5, 5.41) is 2.69. The van der Waals surface area contributed by atoms with Crippen LogP contribution in [0.15, 0.2) is 28.7 Å². The van der Waals surface area contributed by atoms with Crippen LogP contribution in [0.5, 0.6) is 0 Å². The van der Waals surface area contributed by atoms with E-state index in [1.807, 2.05) is 12.1 Å². The van der Waals surface area contributed by atoms with Crippen molar-refractivity contribution < 1.29 is 9.53 Å². The van der Waals surface area contributed by atoms with Crippen molar-refractivity contribution in [2.24, 2.45) is 5.92 Å². The molecule has 1 aromatic carbocycles. The Balaban J connectivity index is 1.91. The van der Waals surface area contributed by atoms with Gasteiger partial charge in [0.2, 0.25) is 0 Å². The van der Waals surface area contributed by atoms with Crippen molar-refractivity contribution in [3.8, 4) is 0 Å². The molecule has 1 N–H and O–H groups in total. The predicted molar refractivity (Wildman–Crippen MR) is 60.7 cm³/mol. The molecular formula is C11H12BrNO2. The molecule has 1 heterocycles. The number of alkyl carbamates (subject to hydrolysis) is 1. The fourth-order valence-corrected chi connectivity index (χ4v) is 1.88. The maximum absolute atomic E-state index is 10.8. The highest BCUT2D eigenvalue weighted by atomic mass is 79.9. The maximum Gasteiger partial charge on any atom is 0.407 e. The van der Waals surface area contributed by atoms with Gasteiger partial charge in [-0.05, 0) is 24.1 Å². The van der Waals surface area contributed by atoms with E-state index in [1.54, 1.807) is 0 Å². The second-order valence-corrected chi connectivity index (χ2v) is 4.59. The average molecular weight is 270 g/mol. The van der Waals surface area contributed by atoms with Gasteiger partial charge in [-0.3, -0.25) is 0 Å². The molecule has 3 nitrogen and oxygen atoms in total. The van der Waals surface area contributed by atoms with Gasteiger partial charge in [-0.15, -0.1) is 0 Å². The Labute approximate surface area is 96.9 Å². The molecule has 0 unspecified atom stereocenters. The van der Waals surface area contributed by atoms with E-state index in [4.69, 9.17) is 4.74 Å². The molecule has 80 valence electrons. The van der Waals surface area contributed by atoms with E-state index in [9.17, 15) is 4.79 Å². The lowest BCUT2D eigenvalue weighted by Crippen LogP contribution is -2.39. The Hall–Kier alpha value is -1.03. The minimum absolute atomic E-state index is 0.304. The topological polar surface area (TPSA) is 38.3 Å². The van der Waals surface area contributed by atoms with Crippen LogP contribution in [0.25, 0.3) is 0 Å². The van der Waals surface area contributed by atoms with Crippen LogP contribution < -0.4 is 5.32 Å². The molecule has 0 saturated carbocycles. The smallest absolute Gasteiger partial charge is 0.407 e. The molecule has 1 aliphatic heterocycles. The maximum atomic E-state index is 10.8. The molecule has 1 fully saturated rings. The number of rotatable bonds is 2. The molecule has 0 aliphatic carbocycles. The zero-order valence-corrected chi connectivity index (χ0v) is 9.79. The zero-order valence-electron chi connectivity index (χ0n) is 8.20. The number of nitrogens with one attached hydrogen (secondary N) is 1. The molecule has 0 spiro atoms. The molecule has 4 heteroatoms.